The van der Waals surface area contributed by atoms with E-state index < -0.39 is 0 Å². The Hall–Kier alpha value is -3.51. The van der Waals surface area contributed by atoms with Crippen LogP contribution in [0.1, 0.15) is 59.5 Å². The molecule has 2 N–H and O–H groups in total. The first-order valence-electron chi connectivity index (χ1n) is 12.6. The summed E-state index contributed by atoms with van der Waals surface area (Å²) in [6, 6.07) is 22.6. The summed E-state index contributed by atoms with van der Waals surface area (Å²) in [5, 5.41) is 6.11. The van der Waals surface area contributed by atoms with Crippen LogP contribution in [0, 0.1) is 5.82 Å². The average Bonchev–Trinajstić information content (AvgIpc) is 3.04. The molecule has 1 aliphatic carbocycles. The molecule has 0 fully saturated rings. The predicted molar refractivity (Wildman–Crippen MR) is 138 cm³/mol. The maximum Gasteiger partial charge on any atom is 0.246 e. The van der Waals surface area contributed by atoms with Crippen LogP contribution in [0.15, 0.2) is 72.8 Å². The lowest BCUT2D eigenvalue weighted by molar-refractivity contribution is -0.126. The van der Waals surface area contributed by atoms with E-state index in [0.29, 0.717) is 13.0 Å². The van der Waals surface area contributed by atoms with Gasteiger partial charge in [-0.1, -0.05) is 67.1 Å². The number of unbranched alkanes of at least 4 members (excludes halogenated alkanes) is 2. The number of halogens is 1. The Kier molecular flexibility index (Phi) is 9.22. The van der Waals surface area contributed by atoms with E-state index in [4.69, 9.17) is 4.74 Å². The van der Waals surface area contributed by atoms with Crippen LogP contribution >= 0.6 is 0 Å². The van der Waals surface area contributed by atoms with Gasteiger partial charge in [-0.05, 0) is 65.6 Å². The van der Waals surface area contributed by atoms with Crippen molar-refractivity contribution in [2.45, 2.75) is 51.2 Å². The smallest absolute Gasteiger partial charge is 0.246 e. The zero-order valence-electron chi connectivity index (χ0n) is 20.5. The first kappa shape index (κ1) is 25.6. The Balaban J connectivity index is 1.15. The summed E-state index contributed by atoms with van der Waals surface area (Å²) in [5.41, 5.74) is 5.76. The van der Waals surface area contributed by atoms with Crippen molar-refractivity contribution in [1.29, 1.82) is 0 Å². The number of amides is 2. The van der Waals surface area contributed by atoms with Crippen LogP contribution in [0.4, 0.5) is 4.39 Å². The van der Waals surface area contributed by atoms with Gasteiger partial charge in [0, 0.05) is 13.0 Å². The Morgan fingerprint density at radius 2 is 1.44 bits per heavy atom. The number of aryl methyl sites for hydroxylation is 2. The van der Waals surface area contributed by atoms with Gasteiger partial charge in [0.05, 0.1) is 12.6 Å². The number of ether oxygens (including phenoxy) is 1. The van der Waals surface area contributed by atoms with E-state index in [1.165, 1.54) is 34.4 Å². The molecule has 0 radical (unpaired) electrons. The van der Waals surface area contributed by atoms with Crippen LogP contribution in [-0.2, 0) is 33.8 Å². The molecule has 0 saturated carbocycles. The molecule has 0 atom stereocenters. The normalized spacial score (nSPS) is 12.8. The monoisotopic (exact) mass is 488 g/mol. The SMILES string of the molecule is O=C(COCc1ccc(F)cc1)NCCCCCC(=O)NC1c2ccccc2CCc2ccccc21. The predicted octanol–water partition coefficient (Wildman–Crippen LogP) is 5.02. The van der Waals surface area contributed by atoms with Crippen LogP contribution in [0.3, 0.4) is 0 Å². The van der Waals surface area contributed by atoms with Crippen LogP contribution < -0.4 is 10.6 Å². The summed E-state index contributed by atoms with van der Waals surface area (Å²) in [7, 11) is 0. The number of hydrogen-bond donors (Lipinski definition) is 2. The van der Waals surface area contributed by atoms with Crippen LogP contribution in [-0.4, -0.2) is 25.0 Å². The summed E-state index contributed by atoms with van der Waals surface area (Å²) in [6.45, 7) is 0.770. The Labute approximate surface area is 212 Å². The van der Waals surface area contributed by atoms with Crippen molar-refractivity contribution in [2.75, 3.05) is 13.2 Å². The fourth-order valence-electron chi connectivity index (χ4n) is 4.62. The summed E-state index contributed by atoms with van der Waals surface area (Å²) in [6.07, 6.45) is 4.81. The fraction of sp³-hybridized carbons (Fsp3) is 0.333. The summed E-state index contributed by atoms with van der Waals surface area (Å²) in [4.78, 5) is 24.7. The van der Waals surface area contributed by atoms with Crippen molar-refractivity contribution >= 4 is 11.8 Å². The molecule has 0 heterocycles. The minimum absolute atomic E-state index is 0.0376. The molecule has 4 rings (SSSR count). The van der Waals surface area contributed by atoms with Gasteiger partial charge in [-0.3, -0.25) is 9.59 Å². The molecular formula is C30H33FN2O3. The van der Waals surface area contributed by atoms with E-state index in [0.717, 1.165) is 37.7 Å². The third kappa shape index (κ3) is 7.25. The minimum atomic E-state index is -0.297. The van der Waals surface area contributed by atoms with Gasteiger partial charge in [0.2, 0.25) is 11.8 Å². The molecule has 2 amide bonds. The number of nitrogens with one attached hydrogen (secondary N) is 2. The number of benzene rings is 3. The molecule has 5 nitrogen and oxygen atoms in total. The van der Waals surface area contributed by atoms with Gasteiger partial charge < -0.3 is 15.4 Å². The molecule has 36 heavy (non-hydrogen) atoms. The molecule has 0 saturated heterocycles. The standard InChI is InChI=1S/C30H33FN2O3/c31-25-17-13-22(14-18-25)20-36-21-29(35)32-19-7-1-2-12-28(34)33-30-26-10-5-3-8-23(26)15-16-24-9-4-6-11-27(24)30/h3-6,8-11,13-14,17-18,30H,1-2,7,12,15-16,19-21H2,(H,32,35)(H,33,34). The van der Waals surface area contributed by atoms with Gasteiger partial charge in [0.1, 0.15) is 12.4 Å². The highest BCUT2D eigenvalue weighted by Crippen LogP contribution is 2.32. The third-order valence-corrected chi connectivity index (χ3v) is 6.52. The number of carbonyl (C=O) groups is 2. The first-order valence-corrected chi connectivity index (χ1v) is 12.6. The average molecular weight is 489 g/mol. The minimum Gasteiger partial charge on any atom is -0.367 e. The molecule has 3 aromatic carbocycles. The van der Waals surface area contributed by atoms with E-state index in [1.807, 2.05) is 12.1 Å². The highest BCUT2D eigenvalue weighted by molar-refractivity contribution is 5.77. The largest absolute Gasteiger partial charge is 0.367 e. The van der Waals surface area contributed by atoms with Crippen molar-refractivity contribution in [3.63, 3.8) is 0 Å². The quantitative estimate of drug-likeness (QED) is 0.372. The molecular weight excluding hydrogens is 455 g/mol. The van der Waals surface area contributed by atoms with Gasteiger partial charge in [0.15, 0.2) is 0 Å². The van der Waals surface area contributed by atoms with Crippen molar-refractivity contribution in [1.82, 2.24) is 10.6 Å². The number of carbonyl (C=O) groups excluding carboxylic acids is 2. The Bertz CT molecular complexity index is 1120. The zero-order valence-corrected chi connectivity index (χ0v) is 20.5. The molecule has 0 aromatic heterocycles. The lowest BCUT2D eigenvalue weighted by Crippen LogP contribution is -2.30. The Morgan fingerprint density at radius 1 is 0.806 bits per heavy atom. The number of fused-ring (bicyclic) bond motifs is 2. The van der Waals surface area contributed by atoms with E-state index in [-0.39, 0.29) is 36.9 Å². The fourth-order valence-corrected chi connectivity index (χ4v) is 4.62. The van der Waals surface area contributed by atoms with Gasteiger partial charge in [0.25, 0.3) is 0 Å². The van der Waals surface area contributed by atoms with E-state index in [1.54, 1.807) is 12.1 Å². The van der Waals surface area contributed by atoms with E-state index in [2.05, 4.69) is 47.0 Å². The van der Waals surface area contributed by atoms with Crippen molar-refractivity contribution in [2.24, 2.45) is 0 Å². The molecule has 0 aliphatic heterocycles. The lowest BCUT2D eigenvalue weighted by atomic mass is 9.94. The van der Waals surface area contributed by atoms with Crippen molar-refractivity contribution in [3.05, 3.63) is 106 Å². The second-order valence-electron chi connectivity index (χ2n) is 9.18. The molecule has 188 valence electrons. The molecule has 0 spiro atoms. The van der Waals surface area contributed by atoms with E-state index in [9.17, 15) is 14.0 Å². The van der Waals surface area contributed by atoms with Crippen LogP contribution in [0.5, 0.6) is 0 Å². The van der Waals surface area contributed by atoms with Gasteiger partial charge in [-0.25, -0.2) is 4.39 Å². The number of rotatable bonds is 11. The Morgan fingerprint density at radius 3 is 2.11 bits per heavy atom. The maximum atomic E-state index is 12.9. The summed E-state index contributed by atoms with van der Waals surface area (Å²) < 4.78 is 18.3. The van der Waals surface area contributed by atoms with Crippen LogP contribution in [0.25, 0.3) is 0 Å². The molecule has 1 aliphatic rings. The lowest BCUT2D eigenvalue weighted by Gasteiger charge is -2.22. The van der Waals surface area contributed by atoms with Gasteiger partial charge >= 0.3 is 0 Å². The summed E-state index contributed by atoms with van der Waals surface area (Å²) in [5.74, 6) is -0.431. The summed E-state index contributed by atoms with van der Waals surface area (Å²) >= 11 is 0. The van der Waals surface area contributed by atoms with Crippen molar-refractivity contribution < 1.29 is 18.7 Å². The highest BCUT2D eigenvalue weighted by atomic mass is 19.1. The molecule has 0 unspecified atom stereocenters. The van der Waals surface area contributed by atoms with Gasteiger partial charge in [-0.2, -0.15) is 0 Å². The molecule has 6 heteroatoms. The third-order valence-electron chi connectivity index (χ3n) is 6.52. The molecule has 3 aromatic rings. The van der Waals surface area contributed by atoms with E-state index >= 15 is 0 Å². The second-order valence-corrected chi connectivity index (χ2v) is 9.18. The topological polar surface area (TPSA) is 67.4 Å². The van der Waals surface area contributed by atoms with Crippen LogP contribution in [0.2, 0.25) is 0 Å². The molecule has 0 bridgehead atoms. The van der Waals surface area contributed by atoms with Crippen molar-refractivity contribution in [3.8, 4) is 0 Å². The highest BCUT2D eigenvalue weighted by Gasteiger charge is 2.24. The second kappa shape index (κ2) is 13.0. The first-order chi connectivity index (χ1) is 17.6. The number of hydrogen-bond acceptors (Lipinski definition) is 3. The van der Waals surface area contributed by atoms with Gasteiger partial charge in [-0.15, -0.1) is 0 Å². The zero-order chi connectivity index (χ0) is 25.2. The maximum absolute atomic E-state index is 12.9.